The lowest BCUT2D eigenvalue weighted by molar-refractivity contribution is 0.0765. The van der Waals surface area contributed by atoms with E-state index in [-0.39, 0.29) is 18.3 Å². The molecule has 0 radical (unpaired) electrons. The van der Waals surface area contributed by atoms with Crippen LogP contribution in [0.2, 0.25) is 0 Å². The first kappa shape index (κ1) is 17.3. The minimum atomic E-state index is -0.291. The van der Waals surface area contributed by atoms with Crippen molar-refractivity contribution in [2.24, 2.45) is 0 Å². The van der Waals surface area contributed by atoms with Crippen LogP contribution in [0, 0.1) is 0 Å². The summed E-state index contributed by atoms with van der Waals surface area (Å²) < 4.78 is 15.4. The third kappa shape index (κ3) is 3.61. The van der Waals surface area contributed by atoms with Gasteiger partial charge in [0.25, 0.3) is 5.91 Å². The van der Waals surface area contributed by atoms with Crippen LogP contribution in [0.25, 0.3) is 11.4 Å². The highest BCUT2D eigenvalue weighted by Gasteiger charge is 2.21. The smallest absolute Gasteiger partial charge is 0.259 e. The molecule has 0 atom stereocenters. The van der Waals surface area contributed by atoms with Gasteiger partial charge in [-0.25, -0.2) is 0 Å². The molecule has 0 unspecified atom stereocenters. The Morgan fingerprint density at radius 1 is 1.12 bits per heavy atom. The average Bonchev–Trinajstić information content (AvgIpc) is 3.16. The second kappa shape index (κ2) is 7.60. The number of amides is 1. The highest BCUT2D eigenvalue weighted by atomic mass is 16.5. The van der Waals surface area contributed by atoms with Gasteiger partial charge in [0.2, 0.25) is 23.5 Å². The lowest BCUT2D eigenvalue weighted by atomic mass is 10.2. The molecule has 26 heavy (non-hydrogen) atoms. The summed E-state index contributed by atoms with van der Waals surface area (Å²) in [6, 6.07) is 6.74. The van der Waals surface area contributed by atoms with Crippen LogP contribution in [0.4, 0.5) is 0 Å². The van der Waals surface area contributed by atoms with E-state index in [1.807, 2.05) is 0 Å². The summed E-state index contributed by atoms with van der Waals surface area (Å²) in [7, 11) is 4.56. The van der Waals surface area contributed by atoms with E-state index in [0.29, 0.717) is 23.2 Å². The minimum Gasteiger partial charge on any atom is -0.481 e. The van der Waals surface area contributed by atoms with Gasteiger partial charge in [-0.1, -0.05) is 5.16 Å². The summed E-state index contributed by atoms with van der Waals surface area (Å²) in [5.41, 5.74) is 1.09. The van der Waals surface area contributed by atoms with Crippen LogP contribution in [0.3, 0.4) is 0 Å². The van der Waals surface area contributed by atoms with Crippen LogP contribution in [-0.2, 0) is 6.54 Å². The molecule has 3 rings (SSSR count). The first-order chi connectivity index (χ1) is 12.6. The van der Waals surface area contributed by atoms with Gasteiger partial charge in [0.05, 0.1) is 14.2 Å². The van der Waals surface area contributed by atoms with Crippen molar-refractivity contribution in [2.75, 3.05) is 21.3 Å². The number of nitrogens with zero attached hydrogens (tertiary/aromatic N) is 5. The van der Waals surface area contributed by atoms with Gasteiger partial charge in [-0.05, 0) is 18.2 Å². The van der Waals surface area contributed by atoms with Crippen LogP contribution in [0.1, 0.15) is 16.2 Å². The van der Waals surface area contributed by atoms with E-state index in [1.165, 1.54) is 19.1 Å². The summed E-state index contributed by atoms with van der Waals surface area (Å²) in [5.74, 6) is 1.00. The molecule has 9 heteroatoms. The normalized spacial score (nSPS) is 10.4. The van der Waals surface area contributed by atoms with Gasteiger partial charge < -0.3 is 18.9 Å². The van der Waals surface area contributed by atoms with E-state index >= 15 is 0 Å². The molecular weight excluding hydrogens is 338 g/mol. The summed E-state index contributed by atoms with van der Waals surface area (Å²) >= 11 is 0. The van der Waals surface area contributed by atoms with Crippen molar-refractivity contribution in [1.82, 2.24) is 25.0 Å². The molecule has 0 aliphatic heterocycles. The molecule has 0 aliphatic rings. The van der Waals surface area contributed by atoms with Crippen LogP contribution >= 0.6 is 0 Å². The summed E-state index contributed by atoms with van der Waals surface area (Å²) in [5, 5.41) is 3.92. The van der Waals surface area contributed by atoms with Gasteiger partial charge >= 0.3 is 0 Å². The molecule has 0 saturated carbocycles. The lowest BCUT2D eigenvalue weighted by Crippen LogP contribution is -2.27. The fourth-order valence-electron chi connectivity index (χ4n) is 2.27. The zero-order chi connectivity index (χ0) is 18.5. The third-order valence-electron chi connectivity index (χ3n) is 3.59. The quantitative estimate of drug-likeness (QED) is 0.659. The zero-order valence-electron chi connectivity index (χ0n) is 14.5. The Morgan fingerprint density at radius 2 is 1.88 bits per heavy atom. The molecule has 0 N–H and O–H groups in total. The number of carbonyl (C=O) groups excluding carboxylic acids is 1. The SMILES string of the molecule is COc1ccc(C(=O)N(C)Cc2nc(-c3ccncc3)no2)c(OC)n1. The highest BCUT2D eigenvalue weighted by molar-refractivity contribution is 5.96. The van der Waals surface area contributed by atoms with Crippen molar-refractivity contribution in [3.8, 4) is 23.1 Å². The topological polar surface area (TPSA) is 103 Å². The van der Waals surface area contributed by atoms with Gasteiger partial charge in [-0.2, -0.15) is 9.97 Å². The zero-order valence-corrected chi connectivity index (χ0v) is 14.5. The Bertz CT molecular complexity index is 897. The molecule has 0 spiro atoms. The van der Waals surface area contributed by atoms with Crippen molar-refractivity contribution in [3.63, 3.8) is 0 Å². The first-order valence-electron chi connectivity index (χ1n) is 7.70. The number of pyridine rings is 2. The number of rotatable bonds is 6. The van der Waals surface area contributed by atoms with Crippen molar-refractivity contribution < 1.29 is 18.8 Å². The predicted octanol–water partition coefficient (Wildman–Crippen LogP) is 1.82. The third-order valence-corrected chi connectivity index (χ3v) is 3.59. The van der Waals surface area contributed by atoms with Crippen molar-refractivity contribution in [3.05, 3.63) is 48.1 Å². The number of hydrogen-bond donors (Lipinski definition) is 0. The molecule has 1 amide bonds. The Hall–Kier alpha value is -3.49. The molecule has 0 aromatic carbocycles. The van der Waals surface area contributed by atoms with E-state index in [9.17, 15) is 4.79 Å². The predicted molar refractivity (Wildman–Crippen MR) is 90.7 cm³/mol. The monoisotopic (exact) mass is 355 g/mol. The van der Waals surface area contributed by atoms with E-state index in [2.05, 4.69) is 20.1 Å². The number of hydrogen-bond acceptors (Lipinski definition) is 8. The average molecular weight is 355 g/mol. The van der Waals surface area contributed by atoms with Crippen LogP contribution < -0.4 is 9.47 Å². The Morgan fingerprint density at radius 3 is 2.58 bits per heavy atom. The highest BCUT2D eigenvalue weighted by Crippen LogP contribution is 2.22. The summed E-state index contributed by atoms with van der Waals surface area (Å²) in [6.07, 6.45) is 3.29. The Labute approximate surface area is 149 Å². The number of aromatic nitrogens is 4. The summed E-state index contributed by atoms with van der Waals surface area (Å²) in [6.45, 7) is 0.145. The van der Waals surface area contributed by atoms with Crippen LogP contribution in [0.15, 0.2) is 41.2 Å². The standard InChI is InChI=1S/C17H17N5O4/c1-22(17(23)12-4-5-13(24-2)20-16(12)25-3)10-14-19-15(21-26-14)11-6-8-18-9-7-11/h4-9H,10H2,1-3H3. The van der Waals surface area contributed by atoms with Crippen LogP contribution in [0.5, 0.6) is 11.8 Å². The van der Waals surface area contributed by atoms with Gasteiger partial charge in [0, 0.05) is 31.1 Å². The van der Waals surface area contributed by atoms with E-state index in [1.54, 1.807) is 43.7 Å². The number of carbonyl (C=O) groups is 1. The molecular formula is C17H17N5O4. The molecule has 3 heterocycles. The van der Waals surface area contributed by atoms with Crippen molar-refractivity contribution in [1.29, 1.82) is 0 Å². The molecule has 3 aromatic rings. The molecule has 0 fully saturated rings. The van der Waals surface area contributed by atoms with Gasteiger partial charge in [-0.3, -0.25) is 9.78 Å². The molecule has 134 valence electrons. The first-order valence-corrected chi connectivity index (χ1v) is 7.70. The summed E-state index contributed by atoms with van der Waals surface area (Å²) in [4.78, 5) is 26.5. The van der Waals surface area contributed by atoms with E-state index in [0.717, 1.165) is 5.56 Å². The fraction of sp³-hybridized carbons (Fsp3) is 0.235. The van der Waals surface area contributed by atoms with Crippen molar-refractivity contribution in [2.45, 2.75) is 6.54 Å². The molecule has 0 aliphatic carbocycles. The lowest BCUT2D eigenvalue weighted by Gasteiger charge is -2.16. The van der Waals surface area contributed by atoms with E-state index in [4.69, 9.17) is 14.0 Å². The van der Waals surface area contributed by atoms with Crippen LogP contribution in [-0.4, -0.2) is 52.2 Å². The second-order valence-electron chi connectivity index (χ2n) is 5.32. The maximum Gasteiger partial charge on any atom is 0.259 e. The van der Waals surface area contributed by atoms with Crippen molar-refractivity contribution >= 4 is 5.91 Å². The fourth-order valence-corrected chi connectivity index (χ4v) is 2.27. The largest absolute Gasteiger partial charge is 0.481 e. The second-order valence-corrected chi connectivity index (χ2v) is 5.32. The molecule has 0 bridgehead atoms. The Balaban J connectivity index is 1.75. The van der Waals surface area contributed by atoms with Gasteiger partial charge in [0.1, 0.15) is 12.1 Å². The minimum absolute atomic E-state index is 0.145. The Kier molecular flexibility index (Phi) is 5.07. The number of methoxy groups -OCH3 is 2. The van der Waals surface area contributed by atoms with Gasteiger partial charge in [-0.15, -0.1) is 0 Å². The molecule has 3 aromatic heterocycles. The molecule has 0 saturated heterocycles. The maximum atomic E-state index is 12.7. The maximum absolute atomic E-state index is 12.7. The van der Waals surface area contributed by atoms with Gasteiger partial charge in [0.15, 0.2) is 0 Å². The number of ether oxygens (including phenoxy) is 2. The molecule has 9 nitrogen and oxygen atoms in total. The van der Waals surface area contributed by atoms with E-state index < -0.39 is 0 Å².